The van der Waals surface area contributed by atoms with E-state index in [1.165, 1.54) is 71.7 Å². The highest BCUT2D eigenvalue weighted by Crippen LogP contribution is 2.39. The lowest BCUT2D eigenvalue weighted by atomic mass is 9.90. The summed E-state index contributed by atoms with van der Waals surface area (Å²) in [5.74, 6) is 0. The normalized spacial score (nSPS) is 17.0. The third-order valence-corrected chi connectivity index (χ3v) is 12.2. The fourth-order valence-electron chi connectivity index (χ4n) is 5.23. The quantitative estimate of drug-likeness (QED) is 0.154. The molecule has 1 N–H and O–H groups in total. The SMILES string of the molecule is C1=CN=CC1.CC1(CI)CCCC1.CC1(CO)CCCC1.II.c1ccc(P(c2ccccc2)c2ccccc2)cc1. The van der Waals surface area contributed by atoms with Gasteiger partial charge in [0.15, 0.2) is 0 Å². The first-order valence-corrected chi connectivity index (χ1v) is 24.1. The lowest BCUT2D eigenvalue weighted by Crippen LogP contribution is -2.20. The standard InChI is InChI=1S/C18H15P.C7H13I.C7H14O.C4H5N.I2/c1-4-10-16(11-5-1)19(17-12-6-2-7-13-17)18-14-8-3-9-15-18;2*1-7(6-8)4-2-3-5-7;1-2-4-5-3-1;1-2/h1-15H;2-6H2,1H3;8H,2-6H2,1H3;1,3-4H,2H2;. The average Bonchev–Trinajstić information content (AvgIpc) is 3.86. The molecule has 3 aromatic rings. The van der Waals surface area contributed by atoms with E-state index in [0.717, 1.165) is 11.8 Å². The highest BCUT2D eigenvalue weighted by Gasteiger charge is 2.27. The number of aliphatic hydroxyl groups is 1. The van der Waals surface area contributed by atoms with Crippen LogP contribution in [-0.4, -0.2) is 22.4 Å². The molecule has 6 rings (SSSR count). The molecule has 0 atom stereocenters. The molecule has 3 aliphatic rings. The monoisotopic (exact) mass is 921 g/mol. The van der Waals surface area contributed by atoms with Gasteiger partial charge >= 0.3 is 0 Å². The summed E-state index contributed by atoms with van der Waals surface area (Å²) in [7, 11) is -0.446. The molecule has 0 radical (unpaired) electrons. The predicted octanol–water partition coefficient (Wildman–Crippen LogP) is 10.8. The van der Waals surface area contributed by atoms with Gasteiger partial charge in [0.25, 0.3) is 0 Å². The average molecular weight is 921 g/mol. The van der Waals surface area contributed by atoms with Gasteiger partial charge in [-0.3, -0.25) is 4.99 Å². The zero-order chi connectivity index (χ0) is 30.5. The maximum absolute atomic E-state index is 8.83. The number of benzene rings is 3. The van der Waals surface area contributed by atoms with Crippen molar-refractivity contribution in [1.29, 1.82) is 0 Å². The van der Waals surface area contributed by atoms with Gasteiger partial charge in [0.05, 0.1) is 0 Å². The highest BCUT2D eigenvalue weighted by atomic mass is 128. The molecule has 2 fully saturated rings. The van der Waals surface area contributed by atoms with Crippen LogP contribution in [0.3, 0.4) is 0 Å². The topological polar surface area (TPSA) is 32.6 Å². The van der Waals surface area contributed by atoms with E-state index in [1.54, 1.807) is 6.20 Å². The molecule has 0 spiro atoms. The number of alkyl halides is 1. The zero-order valence-corrected chi connectivity index (χ0v) is 32.5. The Labute approximate surface area is 293 Å². The van der Waals surface area contributed by atoms with E-state index in [-0.39, 0.29) is 0 Å². The molecule has 0 bridgehead atoms. The van der Waals surface area contributed by atoms with E-state index in [9.17, 15) is 0 Å². The van der Waals surface area contributed by atoms with E-state index in [1.807, 2.05) is 12.3 Å². The molecule has 2 saturated carbocycles. The summed E-state index contributed by atoms with van der Waals surface area (Å²) in [5.41, 5.74) is 1.01. The van der Waals surface area contributed by atoms with Crippen molar-refractivity contribution in [3.63, 3.8) is 0 Å². The molecule has 228 valence electrons. The highest BCUT2D eigenvalue weighted by molar-refractivity contribution is 15.0. The maximum atomic E-state index is 8.83. The Morgan fingerprint density at radius 3 is 1.26 bits per heavy atom. The van der Waals surface area contributed by atoms with Crippen LogP contribution in [0.25, 0.3) is 0 Å². The van der Waals surface area contributed by atoms with Crippen LogP contribution < -0.4 is 15.9 Å². The summed E-state index contributed by atoms with van der Waals surface area (Å²) in [6.07, 6.45) is 17.7. The summed E-state index contributed by atoms with van der Waals surface area (Å²) in [6.45, 7) is 4.96. The first-order chi connectivity index (χ1) is 20.5. The minimum Gasteiger partial charge on any atom is -0.396 e. The second-order valence-electron chi connectivity index (χ2n) is 11.6. The van der Waals surface area contributed by atoms with Gasteiger partial charge in [0, 0.05) is 67.1 Å². The third-order valence-electron chi connectivity index (χ3n) is 7.91. The van der Waals surface area contributed by atoms with Crippen LogP contribution >= 0.6 is 67.7 Å². The Morgan fingerprint density at radius 2 is 1.05 bits per heavy atom. The van der Waals surface area contributed by atoms with Gasteiger partial charge in [-0.2, -0.15) is 0 Å². The lowest BCUT2D eigenvalue weighted by Gasteiger charge is -2.18. The summed E-state index contributed by atoms with van der Waals surface area (Å²) < 4.78 is 1.35. The molecule has 1 aliphatic heterocycles. The second kappa shape index (κ2) is 22.2. The number of hydrogen-bond donors (Lipinski definition) is 1. The number of aliphatic hydroxyl groups excluding tert-OH is 1. The Kier molecular flexibility index (Phi) is 20.0. The number of aliphatic imine (C=N–C) groups is 1. The number of halogens is 3. The summed E-state index contributed by atoms with van der Waals surface area (Å²) >= 11 is 6.75. The summed E-state index contributed by atoms with van der Waals surface area (Å²) in [6, 6.07) is 32.3. The van der Waals surface area contributed by atoms with Gasteiger partial charge < -0.3 is 5.11 Å². The van der Waals surface area contributed by atoms with Gasteiger partial charge in [0.1, 0.15) is 0 Å². The van der Waals surface area contributed by atoms with E-state index in [2.05, 4.69) is 170 Å². The van der Waals surface area contributed by atoms with E-state index < -0.39 is 7.92 Å². The number of hydrogen-bond acceptors (Lipinski definition) is 2. The Hall–Kier alpha value is -0.350. The van der Waals surface area contributed by atoms with Crippen molar-refractivity contribution in [2.75, 3.05) is 11.0 Å². The van der Waals surface area contributed by atoms with Crippen molar-refractivity contribution < 1.29 is 5.11 Å². The van der Waals surface area contributed by atoms with Gasteiger partial charge in [-0.05, 0) is 60.3 Å². The van der Waals surface area contributed by atoms with Crippen LogP contribution in [0.5, 0.6) is 0 Å². The van der Waals surface area contributed by atoms with E-state index >= 15 is 0 Å². The first kappa shape index (κ1) is 37.8. The van der Waals surface area contributed by atoms with Crippen molar-refractivity contribution in [2.45, 2.75) is 71.6 Å². The van der Waals surface area contributed by atoms with Crippen LogP contribution in [0.4, 0.5) is 0 Å². The van der Waals surface area contributed by atoms with Crippen LogP contribution in [0.15, 0.2) is 108 Å². The van der Waals surface area contributed by atoms with Crippen molar-refractivity contribution in [3.8, 4) is 0 Å². The van der Waals surface area contributed by atoms with Crippen LogP contribution in [-0.2, 0) is 0 Å². The zero-order valence-electron chi connectivity index (χ0n) is 25.1. The van der Waals surface area contributed by atoms with Crippen molar-refractivity contribution in [3.05, 3.63) is 103 Å². The first-order valence-electron chi connectivity index (χ1n) is 14.9. The summed E-state index contributed by atoms with van der Waals surface area (Å²) in [5, 5.41) is 13.0. The maximum Gasteiger partial charge on any atom is 0.0484 e. The molecule has 42 heavy (non-hydrogen) atoms. The summed E-state index contributed by atoms with van der Waals surface area (Å²) in [4.78, 5) is 3.78. The second-order valence-corrected chi connectivity index (χ2v) is 14.6. The van der Waals surface area contributed by atoms with Crippen molar-refractivity contribution in [1.82, 2.24) is 0 Å². The van der Waals surface area contributed by atoms with Gasteiger partial charge in [-0.25, -0.2) is 0 Å². The molecular weight excluding hydrogens is 874 g/mol. The van der Waals surface area contributed by atoms with Crippen LogP contribution in [0.2, 0.25) is 0 Å². The number of allylic oxidation sites excluding steroid dienone is 1. The van der Waals surface area contributed by atoms with Gasteiger partial charge in [-0.1, -0.05) is 159 Å². The van der Waals surface area contributed by atoms with Crippen LogP contribution in [0.1, 0.15) is 71.6 Å². The smallest absolute Gasteiger partial charge is 0.0484 e. The van der Waals surface area contributed by atoms with Crippen LogP contribution in [0, 0.1) is 10.8 Å². The number of nitrogens with zero attached hydrogens (tertiary/aromatic N) is 1. The van der Waals surface area contributed by atoms with E-state index in [4.69, 9.17) is 5.11 Å². The fraction of sp³-hybridized carbons (Fsp3) is 0.417. The molecular formula is C36H47I3NOP. The minimum absolute atomic E-state index is 0.292. The lowest BCUT2D eigenvalue weighted by molar-refractivity contribution is 0.149. The fourth-order valence-corrected chi connectivity index (χ4v) is 8.30. The van der Waals surface area contributed by atoms with Crippen molar-refractivity contribution >= 4 is 89.9 Å². The predicted molar refractivity (Wildman–Crippen MR) is 215 cm³/mol. The Balaban J connectivity index is 0.000000221. The molecule has 2 aliphatic carbocycles. The Morgan fingerprint density at radius 1 is 0.667 bits per heavy atom. The Bertz CT molecular complexity index is 1000. The minimum atomic E-state index is -0.446. The molecule has 0 saturated heterocycles. The molecule has 0 unspecified atom stereocenters. The van der Waals surface area contributed by atoms with Gasteiger partial charge in [0.2, 0.25) is 0 Å². The third kappa shape index (κ3) is 14.2. The molecule has 6 heteroatoms. The molecule has 0 aromatic heterocycles. The molecule has 2 nitrogen and oxygen atoms in total. The van der Waals surface area contributed by atoms with Crippen molar-refractivity contribution in [2.24, 2.45) is 15.8 Å². The molecule has 1 heterocycles. The molecule has 3 aromatic carbocycles. The number of rotatable bonds is 5. The molecule has 0 amide bonds. The largest absolute Gasteiger partial charge is 0.396 e. The van der Waals surface area contributed by atoms with Gasteiger partial charge in [-0.15, -0.1) is 0 Å². The van der Waals surface area contributed by atoms with E-state index in [0.29, 0.717) is 12.0 Å².